The highest BCUT2D eigenvalue weighted by Gasteiger charge is 2.28. The molecule has 1 aliphatic heterocycles. The second-order valence-electron chi connectivity index (χ2n) is 7.65. The molecule has 0 radical (unpaired) electrons. The molecule has 3 aromatic rings. The topological polar surface area (TPSA) is 62.4 Å². The molecule has 1 aromatic heterocycles. The van der Waals surface area contributed by atoms with Crippen LogP contribution in [0, 0.1) is 11.7 Å². The summed E-state index contributed by atoms with van der Waals surface area (Å²) in [5.74, 6) is -0.522. The number of carbonyl (C=O) groups excluding carboxylic acids is 2. The fraction of sp³-hybridized carbons (Fsp3) is 0.333. The van der Waals surface area contributed by atoms with E-state index in [1.807, 2.05) is 31.2 Å². The number of nitrogens with one attached hydrogen (secondary N) is 1. The molecule has 0 atom stereocenters. The summed E-state index contributed by atoms with van der Waals surface area (Å²) >= 11 is 0. The molecule has 1 N–H and O–H groups in total. The van der Waals surface area contributed by atoms with Crippen molar-refractivity contribution in [2.75, 3.05) is 26.2 Å². The zero-order valence-electron chi connectivity index (χ0n) is 17.0. The van der Waals surface area contributed by atoms with Gasteiger partial charge in [0.2, 0.25) is 0 Å². The number of halogens is 1. The molecule has 0 bridgehead atoms. The summed E-state index contributed by atoms with van der Waals surface area (Å²) < 4.78 is 18.5. The third-order valence-electron chi connectivity index (χ3n) is 5.69. The minimum Gasteiger partial charge on any atom is -0.466 e. The number of fused-ring (bicyclic) bond motifs is 1. The van der Waals surface area contributed by atoms with Gasteiger partial charge in [0, 0.05) is 10.9 Å². The van der Waals surface area contributed by atoms with Crippen molar-refractivity contribution in [3.8, 4) is 11.3 Å². The van der Waals surface area contributed by atoms with Crippen molar-refractivity contribution in [2.24, 2.45) is 5.92 Å². The number of rotatable bonds is 6. The molecule has 2 aromatic carbocycles. The number of Topliss-reactive ketones (excluding diaryl/α,β-unsaturated/α-hetero) is 1. The highest BCUT2D eigenvalue weighted by molar-refractivity contribution is 6.14. The zero-order valence-corrected chi connectivity index (χ0v) is 17.0. The lowest BCUT2D eigenvalue weighted by Crippen LogP contribution is -2.39. The molecule has 0 spiro atoms. The summed E-state index contributed by atoms with van der Waals surface area (Å²) in [7, 11) is 0. The number of ether oxygens (including phenoxy) is 1. The largest absolute Gasteiger partial charge is 0.466 e. The van der Waals surface area contributed by atoms with E-state index in [2.05, 4.69) is 9.88 Å². The highest BCUT2D eigenvalue weighted by Crippen LogP contribution is 2.31. The number of H-pyrrole nitrogens is 1. The van der Waals surface area contributed by atoms with Crippen molar-refractivity contribution in [3.05, 3.63) is 59.9 Å². The van der Waals surface area contributed by atoms with Crippen LogP contribution in [0.1, 0.15) is 30.1 Å². The highest BCUT2D eigenvalue weighted by atomic mass is 19.1. The maximum absolute atomic E-state index is 13.4. The number of benzene rings is 2. The van der Waals surface area contributed by atoms with E-state index < -0.39 is 0 Å². The van der Waals surface area contributed by atoms with Crippen LogP contribution >= 0.6 is 0 Å². The summed E-state index contributed by atoms with van der Waals surface area (Å²) in [6.45, 7) is 3.86. The smallest absolute Gasteiger partial charge is 0.309 e. The van der Waals surface area contributed by atoms with Gasteiger partial charge in [-0.15, -0.1) is 0 Å². The molecule has 5 nitrogen and oxygen atoms in total. The van der Waals surface area contributed by atoms with Gasteiger partial charge in [-0.25, -0.2) is 4.39 Å². The van der Waals surface area contributed by atoms with Gasteiger partial charge >= 0.3 is 5.97 Å². The zero-order chi connectivity index (χ0) is 21.1. The molecule has 0 unspecified atom stereocenters. The van der Waals surface area contributed by atoms with Gasteiger partial charge in [-0.2, -0.15) is 0 Å². The Morgan fingerprint density at radius 2 is 1.80 bits per heavy atom. The van der Waals surface area contributed by atoms with Gasteiger partial charge in [-0.05, 0) is 68.8 Å². The molecule has 6 heteroatoms. The molecule has 1 saturated heterocycles. The van der Waals surface area contributed by atoms with E-state index in [0.717, 1.165) is 16.5 Å². The molecule has 0 amide bonds. The van der Waals surface area contributed by atoms with Gasteiger partial charge in [-0.1, -0.05) is 18.2 Å². The maximum atomic E-state index is 13.4. The van der Waals surface area contributed by atoms with Crippen molar-refractivity contribution in [2.45, 2.75) is 19.8 Å². The van der Waals surface area contributed by atoms with Crippen LogP contribution in [0.3, 0.4) is 0 Å². The van der Waals surface area contributed by atoms with Crippen LogP contribution in [0.15, 0.2) is 48.5 Å². The number of piperidine rings is 1. The monoisotopic (exact) mass is 408 g/mol. The third kappa shape index (κ3) is 4.14. The average Bonchev–Trinajstić information content (AvgIpc) is 3.14. The minimum atomic E-state index is -0.313. The van der Waals surface area contributed by atoms with Crippen LogP contribution in [0.5, 0.6) is 0 Å². The first-order valence-corrected chi connectivity index (χ1v) is 10.4. The predicted molar refractivity (Wildman–Crippen MR) is 114 cm³/mol. The van der Waals surface area contributed by atoms with E-state index in [4.69, 9.17) is 4.74 Å². The Bertz CT molecular complexity index is 1050. The molecule has 1 fully saturated rings. The van der Waals surface area contributed by atoms with E-state index in [1.165, 1.54) is 12.1 Å². The van der Waals surface area contributed by atoms with Crippen LogP contribution in [0.25, 0.3) is 22.2 Å². The van der Waals surface area contributed by atoms with Gasteiger partial charge in [0.05, 0.1) is 30.3 Å². The van der Waals surface area contributed by atoms with Crippen LogP contribution in [0.4, 0.5) is 4.39 Å². The van der Waals surface area contributed by atoms with Crippen molar-refractivity contribution in [1.29, 1.82) is 0 Å². The quantitative estimate of drug-likeness (QED) is 0.484. The molecular formula is C24H25FN2O3. The van der Waals surface area contributed by atoms with Crippen molar-refractivity contribution >= 4 is 22.7 Å². The van der Waals surface area contributed by atoms with E-state index in [0.29, 0.717) is 43.8 Å². The lowest BCUT2D eigenvalue weighted by molar-refractivity contribution is -0.149. The maximum Gasteiger partial charge on any atom is 0.309 e. The summed E-state index contributed by atoms with van der Waals surface area (Å²) in [5, 5.41) is 0.864. The number of nitrogens with zero attached hydrogens (tertiary/aromatic N) is 1. The second-order valence-corrected chi connectivity index (χ2v) is 7.65. The van der Waals surface area contributed by atoms with E-state index in [-0.39, 0.29) is 30.0 Å². The van der Waals surface area contributed by atoms with Crippen molar-refractivity contribution in [3.63, 3.8) is 0 Å². The number of carbonyl (C=O) groups is 2. The van der Waals surface area contributed by atoms with Gasteiger partial charge in [0.25, 0.3) is 0 Å². The Labute approximate surface area is 174 Å². The van der Waals surface area contributed by atoms with Crippen molar-refractivity contribution < 1.29 is 18.7 Å². The van der Waals surface area contributed by atoms with Crippen LogP contribution in [-0.2, 0) is 9.53 Å². The summed E-state index contributed by atoms with van der Waals surface area (Å²) in [4.78, 5) is 30.7. The number of aromatic amines is 1. The average molecular weight is 408 g/mol. The summed E-state index contributed by atoms with van der Waals surface area (Å²) in [5.41, 5.74) is 2.99. The molecule has 2 heterocycles. The van der Waals surface area contributed by atoms with E-state index in [9.17, 15) is 14.0 Å². The summed E-state index contributed by atoms with van der Waals surface area (Å²) in [6, 6.07) is 13.9. The Balaban J connectivity index is 1.55. The standard InChI is InChI=1S/C24H25FN2O3/c1-2-30-24(29)17-11-13-27(14-12-17)15-21(28)22-19-5-3-4-6-20(19)26-23(22)16-7-9-18(25)10-8-16/h3-10,17,26H,2,11-15H2,1H3. The molecule has 0 saturated carbocycles. The lowest BCUT2D eigenvalue weighted by Gasteiger charge is -2.30. The molecule has 1 aliphatic rings. The molecule has 4 rings (SSSR count). The minimum absolute atomic E-state index is 0.0151. The SMILES string of the molecule is CCOC(=O)C1CCN(CC(=O)c2c(-c3ccc(F)cc3)[nH]c3ccccc23)CC1. The van der Waals surface area contributed by atoms with Crippen LogP contribution < -0.4 is 0 Å². The molecule has 0 aliphatic carbocycles. The molecule has 30 heavy (non-hydrogen) atoms. The second kappa shape index (κ2) is 8.79. The van der Waals surface area contributed by atoms with Gasteiger partial charge < -0.3 is 9.72 Å². The number of para-hydroxylation sites is 1. The lowest BCUT2D eigenvalue weighted by atomic mass is 9.96. The predicted octanol–water partition coefficient (Wildman–Crippen LogP) is 4.43. The van der Waals surface area contributed by atoms with Gasteiger partial charge in [0.1, 0.15) is 5.82 Å². The fourth-order valence-corrected chi connectivity index (χ4v) is 4.13. The number of ketones is 1. The first kappa shape index (κ1) is 20.3. The Morgan fingerprint density at radius 3 is 2.50 bits per heavy atom. The Morgan fingerprint density at radius 1 is 1.10 bits per heavy atom. The number of esters is 1. The van der Waals surface area contributed by atoms with Crippen LogP contribution in [-0.4, -0.2) is 47.9 Å². The normalized spacial score (nSPS) is 15.4. The van der Waals surface area contributed by atoms with E-state index in [1.54, 1.807) is 12.1 Å². The first-order chi connectivity index (χ1) is 14.6. The molecular weight excluding hydrogens is 383 g/mol. The Hall–Kier alpha value is -2.99. The number of hydrogen-bond acceptors (Lipinski definition) is 4. The van der Waals surface area contributed by atoms with E-state index >= 15 is 0 Å². The van der Waals surface area contributed by atoms with Gasteiger partial charge in [0.15, 0.2) is 5.78 Å². The fourth-order valence-electron chi connectivity index (χ4n) is 4.13. The summed E-state index contributed by atoms with van der Waals surface area (Å²) in [6.07, 6.45) is 1.40. The third-order valence-corrected chi connectivity index (χ3v) is 5.69. The van der Waals surface area contributed by atoms with Crippen LogP contribution in [0.2, 0.25) is 0 Å². The van der Waals surface area contributed by atoms with Crippen molar-refractivity contribution in [1.82, 2.24) is 9.88 Å². The molecule has 156 valence electrons. The van der Waals surface area contributed by atoms with Gasteiger partial charge in [-0.3, -0.25) is 14.5 Å². The first-order valence-electron chi connectivity index (χ1n) is 10.4. The number of hydrogen-bond donors (Lipinski definition) is 1. The Kier molecular flexibility index (Phi) is 5.95. The number of aromatic nitrogens is 1. The number of likely N-dealkylation sites (tertiary alicyclic amines) is 1.